The Morgan fingerprint density at radius 1 is 1.27 bits per heavy atom. The fourth-order valence-electron chi connectivity index (χ4n) is 2.33. The summed E-state index contributed by atoms with van der Waals surface area (Å²) in [5, 5.41) is 7.73. The first-order valence-corrected chi connectivity index (χ1v) is 7.80. The normalized spacial score (nSPS) is 10.9. The minimum absolute atomic E-state index is 0.539. The molecule has 0 spiro atoms. The molecule has 0 aliphatic rings. The van der Waals surface area contributed by atoms with Crippen LogP contribution in [0.5, 0.6) is 0 Å². The van der Waals surface area contributed by atoms with Crippen LogP contribution in [0.2, 0.25) is 0 Å². The van der Waals surface area contributed by atoms with E-state index >= 15 is 0 Å². The topological polar surface area (TPSA) is 41.4 Å². The largest absolute Gasteiger partial charge is 0.362 e. The third-order valence-corrected chi connectivity index (χ3v) is 3.74. The molecule has 0 bridgehead atoms. The van der Waals surface area contributed by atoms with Gasteiger partial charge in [-0.2, -0.15) is 5.10 Å². The molecule has 1 heterocycles. The SMILES string of the molecule is CCNC(=S)N/N=C\c1cc(C)n(Cc2ccccc2)c1C. The minimum Gasteiger partial charge on any atom is -0.362 e. The molecule has 116 valence electrons. The molecule has 0 radical (unpaired) electrons. The molecule has 4 nitrogen and oxygen atoms in total. The first-order valence-electron chi connectivity index (χ1n) is 7.39. The predicted molar refractivity (Wildman–Crippen MR) is 96.5 cm³/mol. The highest BCUT2D eigenvalue weighted by atomic mass is 32.1. The van der Waals surface area contributed by atoms with Crippen molar-refractivity contribution in [2.45, 2.75) is 27.3 Å². The first kappa shape index (κ1) is 16.2. The highest BCUT2D eigenvalue weighted by Crippen LogP contribution is 2.15. The summed E-state index contributed by atoms with van der Waals surface area (Å²) in [6.45, 7) is 7.88. The number of benzene rings is 1. The first-order chi connectivity index (χ1) is 10.6. The molecule has 5 heteroatoms. The Kier molecular flexibility index (Phi) is 5.72. The van der Waals surface area contributed by atoms with Crippen molar-refractivity contribution in [2.75, 3.05) is 6.54 Å². The summed E-state index contributed by atoms with van der Waals surface area (Å²) in [6, 6.07) is 12.6. The lowest BCUT2D eigenvalue weighted by Gasteiger charge is -2.09. The van der Waals surface area contributed by atoms with Gasteiger partial charge >= 0.3 is 0 Å². The van der Waals surface area contributed by atoms with Gasteiger partial charge in [0, 0.05) is 30.0 Å². The number of hydrogen-bond donors (Lipinski definition) is 2. The van der Waals surface area contributed by atoms with Crippen molar-refractivity contribution < 1.29 is 0 Å². The highest BCUT2D eigenvalue weighted by Gasteiger charge is 2.07. The smallest absolute Gasteiger partial charge is 0.186 e. The fourth-order valence-corrected chi connectivity index (χ4v) is 2.53. The molecule has 0 aliphatic carbocycles. The summed E-state index contributed by atoms with van der Waals surface area (Å²) >= 11 is 5.08. The van der Waals surface area contributed by atoms with E-state index in [0.717, 1.165) is 18.7 Å². The lowest BCUT2D eigenvalue weighted by Crippen LogP contribution is -2.31. The molecule has 0 atom stereocenters. The molecule has 0 aliphatic heterocycles. The Morgan fingerprint density at radius 3 is 2.68 bits per heavy atom. The van der Waals surface area contributed by atoms with E-state index in [0.29, 0.717) is 5.11 Å². The number of hydrogen-bond acceptors (Lipinski definition) is 2. The highest BCUT2D eigenvalue weighted by molar-refractivity contribution is 7.80. The van der Waals surface area contributed by atoms with E-state index in [1.807, 2.05) is 19.2 Å². The van der Waals surface area contributed by atoms with E-state index in [4.69, 9.17) is 12.2 Å². The Labute approximate surface area is 137 Å². The molecular weight excluding hydrogens is 292 g/mol. The van der Waals surface area contributed by atoms with Crippen molar-refractivity contribution in [1.29, 1.82) is 0 Å². The average Bonchev–Trinajstić information content (AvgIpc) is 2.76. The molecule has 0 amide bonds. The number of rotatable bonds is 5. The van der Waals surface area contributed by atoms with Crippen molar-refractivity contribution in [1.82, 2.24) is 15.3 Å². The van der Waals surface area contributed by atoms with Gasteiger partial charge in [-0.3, -0.25) is 5.43 Å². The number of thiocarbonyl (C=S) groups is 1. The standard InChI is InChI=1S/C17H22N4S/c1-4-18-17(22)20-19-11-16-10-13(2)21(14(16)3)12-15-8-6-5-7-9-15/h5-11H,4,12H2,1-3H3,(H2,18,20,22)/b19-11-. The van der Waals surface area contributed by atoms with Gasteiger partial charge in [0.2, 0.25) is 0 Å². The van der Waals surface area contributed by atoms with Crippen molar-refractivity contribution in [3.05, 3.63) is 58.9 Å². The Morgan fingerprint density at radius 2 is 2.00 bits per heavy atom. The van der Waals surface area contributed by atoms with Crippen molar-refractivity contribution in [3.8, 4) is 0 Å². The second kappa shape index (κ2) is 7.75. The second-order valence-electron chi connectivity index (χ2n) is 5.13. The fraction of sp³-hybridized carbons (Fsp3) is 0.294. The van der Waals surface area contributed by atoms with E-state index in [1.54, 1.807) is 0 Å². The molecule has 2 N–H and O–H groups in total. The van der Waals surface area contributed by atoms with Crippen molar-refractivity contribution in [3.63, 3.8) is 0 Å². The monoisotopic (exact) mass is 314 g/mol. The van der Waals surface area contributed by atoms with Crippen LogP contribution in [0.3, 0.4) is 0 Å². The van der Waals surface area contributed by atoms with E-state index in [1.165, 1.54) is 17.0 Å². The van der Waals surface area contributed by atoms with Crippen LogP contribution in [0, 0.1) is 13.8 Å². The van der Waals surface area contributed by atoms with Gasteiger partial charge in [-0.1, -0.05) is 30.3 Å². The van der Waals surface area contributed by atoms with Gasteiger partial charge in [-0.05, 0) is 44.6 Å². The van der Waals surface area contributed by atoms with Crippen LogP contribution in [-0.4, -0.2) is 22.4 Å². The van der Waals surface area contributed by atoms with E-state index in [9.17, 15) is 0 Å². The zero-order chi connectivity index (χ0) is 15.9. The van der Waals surface area contributed by atoms with Gasteiger partial charge in [-0.15, -0.1) is 0 Å². The molecule has 0 saturated carbocycles. The quantitative estimate of drug-likeness (QED) is 0.506. The molecule has 2 aromatic rings. The lowest BCUT2D eigenvalue weighted by atomic mass is 10.2. The lowest BCUT2D eigenvalue weighted by molar-refractivity contribution is 0.749. The summed E-state index contributed by atoms with van der Waals surface area (Å²) in [5.74, 6) is 0. The van der Waals surface area contributed by atoms with Crippen LogP contribution in [0.4, 0.5) is 0 Å². The Hall–Kier alpha value is -2.14. The van der Waals surface area contributed by atoms with Crippen LogP contribution in [0.25, 0.3) is 0 Å². The molecule has 0 saturated heterocycles. The molecule has 0 unspecified atom stereocenters. The summed E-state index contributed by atoms with van der Waals surface area (Å²) in [6.07, 6.45) is 1.81. The van der Waals surface area contributed by atoms with Crippen LogP contribution in [0.15, 0.2) is 41.5 Å². The maximum atomic E-state index is 5.08. The molecule has 0 fully saturated rings. The Balaban J connectivity index is 2.10. The number of hydrazone groups is 1. The number of nitrogens with zero attached hydrogens (tertiary/aromatic N) is 2. The van der Waals surface area contributed by atoms with Gasteiger partial charge in [0.05, 0.1) is 6.21 Å². The third-order valence-electron chi connectivity index (χ3n) is 3.50. The van der Waals surface area contributed by atoms with Gasteiger partial charge in [-0.25, -0.2) is 0 Å². The Bertz CT molecular complexity index is 659. The second-order valence-corrected chi connectivity index (χ2v) is 5.54. The zero-order valence-electron chi connectivity index (χ0n) is 13.3. The van der Waals surface area contributed by atoms with Gasteiger partial charge in [0.15, 0.2) is 5.11 Å². The maximum Gasteiger partial charge on any atom is 0.186 e. The van der Waals surface area contributed by atoms with Crippen molar-refractivity contribution in [2.24, 2.45) is 5.10 Å². The number of aryl methyl sites for hydroxylation is 1. The summed E-state index contributed by atoms with van der Waals surface area (Å²) in [5.41, 5.74) is 7.62. The zero-order valence-corrected chi connectivity index (χ0v) is 14.1. The number of nitrogens with one attached hydrogen (secondary N) is 2. The third kappa shape index (κ3) is 4.18. The van der Waals surface area contributed by atoms with Crippen LogP contribution >= 0.6 is 12.2 Å². The average molecular weight is 314 g/mol. The molecule has 22 heavy (non-hydrogen) atoms. The van der Waals surface area contributed by atoms with E-state index < -0.39 is 0 Å². The van der Waals surface area contributed by atoms with Gasteiger partial charge in [0.25, 0.3) is 0 Å². The predicted octanol–water partition coefficient (Wildman–Crippen LogP) is 2.97. The van der Waals surface area contributed by atoms with Gasteiger partial charge < -0.3 is 9.88 Å². The van der Waals surface area contributed by atoms with Crippen LogP contribution < -0.4 is 10.7 Å². The summed E-state index contributed by atoms with van der Waals surface area (Å²) in [7, 11) is 0. The summed E-state index contributed by atoms with van der Waals surface area (Å²) < 4.78 is 2.29. The molecule has 1 aromatic carbocycles. The van der Waals surface area contributed by atoms with Gasteiger partial charge in [0.1, 0.15) is 0 Å². The van der Waals surface area contributed by atoms with Crippen LogP contribution in [-0.2, 0) is 6.54 Å². The molecule has 1 aromatic heterocycles. The molecule has 2 rings (SSSR count). The van der Waals surface area contributed by atoms with Crippen LogP contribution in [0.1, 0.15) is 29.4 Å². The molecular formula is C17H22N4S. The summed E-state index contributed by atoms with van der Waals surface area (Å²) in [4.78, 5) is 0. The van der Waals surface area contributed by atoms with Crippen molar-refractivity contribution >= 4 is 23.5 Å². The van der Waals surface area contributed by atoms with E-state index in [-0.39, 0.29) is 0 Å². The number of aromatic nitrogens is 1. The van der Waals surface area contributed by atoms with E-state index in [2.05, 4.69) is 64.6 Å². The minimum atomic E-state index is 0.539. The maximum absolute atomic E-state index is 5.08.